The van der Waals surface area contributed by atoms with E-state index in [2.05, 4.69) is 10.2 Å². The number of nitrogens with zero attached hydrogens (tertiary/aromatic N) is 1. The Morgan fingerprint density at radius 1 is 1.33 bits per heavy atom. The van der Waals surface area contributed by atoms with Crippen LogP contribution in [0.2, 0.25) is 0 Å². The van der Waals surface area contributed by atoms with Gasteiger partial charge in [0.2, 0.25) is 0 Å². The highest BCUT2D eigenvalue weighted by molar-refractivity contribution is 5.85. The number of hydrogen-bond donors (Lipinski definition) is 2. The Hall–Kier alpha value is -0.680. The maximum absolute atomic E-state index is 13.9. The molecular formula is C16H26ClFN2O. The molecule has 0 aromatic heterocycles. The molecule has 1 fully saturated rings. The quantitative estimate of drug-likeness (QED) is 0.896. The van der Waals surface area contributed by atoms with Gasteiger partial charge in [0.05, 0.1) is 0 Å². The van der Waals surface area contributed by atoms with Crippen molar-refractivity contribution < 1.29 is 9.50 Å². The van der Waals surface area contributed by atoms with E-state index < -0.39 is 0 Å². The highest BCUT2D eigenvalue weighted by Crippen LogP contribution is 2.38. The maximum Gasteiger partial charge on any atom is 0.126 e. The van der Waals surface area contributed by atoms with Crippen molar-refractivity contribution in [1.82, 2.24) is 10.2 Å². The van der Waals surface area contributed by atoms with Crippen molar-refractivity contribution in [1.29, 1.82) is 0 Å². The summed E-state index contributed by atoms with van der Waals surface area (Å²) in [7, 11) is 0. The van der Waals surface area contributed by atoms with Gasteiger partial charge in [-0.25, -0.2) is 4.39 Å². The monoisotopic (exact) mass is 316 g/mol. The second kappa shape index (κ2) is 7.54. The number of hydrogen-bond acceptors (Lipinski definition) is 3. The van der Waals surface area contributed by atoms with Gasteiger partial charge in [-0.1, -0.05) is 26.0 Å². The topological polar surface area (TPSA) is 35.5 Å². The Bertz CT molecular complexity index is 462. The molecule has 1 aliphatic rings. The molecule has 1 heterocycles. The highest BCUT2D eigenvalue weighted by Gasteiger charge is 2.35. The van der Waals surface area contributed by atoms with Crippen molar-refractivity contribution in [3.05, 3.63) is 35.1 Å². The summed E-state index contributed by atoms with van der Waals surface area (Å²) in [6, 6.07) is 5.47. The first-order valence-corrected chi connectivity index (χ1v) is 7.27. The predicted molar refractivity (Wildman–Crippen MR) is 86.4 cm³/mol. The van der Waals surface area contributed by atoms with Crippen molar-refractivity contribution in [2.24, 2.45) is 5.41 Å². The van der Waals surface area contributed by atoms with Crippen LogP contribution in [0.1, 0.15) is 31.0 Å². The minimum Gasteiger partial charge on any atom is -0.396 e. The molecule has 5 heteroatoms. The summed E-state index contributed by atoms with van der Waals surface area (Å²) < 4.78 is 13.9. The molecule has 0 amide bonds. The normalized spacial score (nSPS) is 18.1. The number of nitrogens with one attached hydrogen (secondary N) is 1. The van der Waals surface area contributed by atoms with E-state index in [4.69, 9.17) is 0 Å². The lowest BCUT2D eigenvalue weighted by Gasteiger charge is -2.43. The Morgan fingerprint density at radius 2 is 1.95 bits per heavy atom. The summed E-state index contributed by atoms with van der Waals surface area (Å²) in [6.45, 7) is 9.65. The molecule has 2 rings (SSSR count). The van der Waals surface area contributed by atoms with Crippen LogP contribution >= 0.6 is 12.4 Å². The molecule has 2 N–H and O–H groups in total. The van der Waals surface area contributed by atoms with Crippen LogP contribution in [0.3, 0.4) is 0 Å². The van der Waals surface area contributed by atoms with Crippen molar-refractivity contribution in [2.45, 2.75) is 26.8 Å². The first-order chi connectivity index (χ1) is 9.45. The van der Waals surface area contributed by atoms with Crippen LogP contribution < -0.4 is 5.32 Å². The van der Waals surface area contributed by atoms with Crippen molar-refractivity contribution in [2.75, 3.05) is 32.8 Å². The van der Waals surface area contributed by atoms with Crippen LogP contribution in [0.15, 0.2) is 18.2 Å². The fourth-order valence-electron chi connectivity index (χ4n) is 2.96. The molecule has 1 aromatic carbocycles. The summed E-state index contributed by atoms with van der Waals surface area (Å²) in [5, 5.41) is 13.1. The third kappa shape index (κ3) is 4.16. The fraction of sp³-hybridized carbons (Fsp3) is 0.625. The first-order valence-electron chi connectivity index (χ1n) is 7.27. The minimum atomic E-state index is -0.307. The third-order valence-corrected chi connectivity index (χ3v) is 4.18. The summed E-state index contributed by atoms with van der Waals surface area (Å²) in [5.74, 6) is -0.170. The summed E-state index contributed by atoms with van der Waals surface area (Å²) in [4.78, 5) is 2.34. The van der Waals surface area contributed by atoms with E-state index in [9.17, 15) is 9.50 Å². The number of halogens is 2. The molecule has 0 aliphatic carbocycles. The van der Waals surface area contributed by atoms with Crippen LogP contribution in [0.25, 0.3) is 0 Å². The number of aliphatic hydroxyl groups is 1. The standard InChI is InChI=1S/C16H25FN2O.ClH/c1-12-4-5-13(10-14(12)17)15(16(2,3)11-20)19-8-6-18-7-9-19;/h4-5,10,15,18,20H,6-9,11H2,1-3H3;1H/t15-;/m0./s1. The molecule has 1 aliphatic heterocycles. The smallest absolute Gasteiger partial charge is 0.126 e. The van der Waals surface area contributed by atoms with E-state index in [1.54, 1.807) is 13.0 Å². The number of rotatable bonds is 4. The lowest BCUT2D eigenvalue weighted by molar-refractivity contribution is 0.0304. The minimum absolute atomic E-state index is 0. The maximum atomic E-state index is 13.9. The van der Waals surface area contributed by atoms with Crippen LogP contribution in [0.4, 0.5) is 4.39 Å². The van der Waals surface area contributed by atoms with E-state index in [-0.39, 0.29) is 36.3 Å². The Labute approximate surface area is 132 Å². The lowest BCUT2D eigenvalue weighted by Crippen LogP contribution is -2.49. The predicted octanol–water partition coefficient (Wildman–Crippen LogP) is 2.52. The van der Waals surface area contributed by atoms with Crippen molar-refractivity contribution >= 4 is 12.4 Å². The van der Waals surface area contributed by atoms with Gasteiger partial charge in [-0.05, 0) is 24.1 Å². The van der Waals surface area contributed by atoms with Gasteiger partial charge in [-0.2, -0.15) is 0 Å². The van der Waals surface area contributed by atoms with Gasteiger partial charge in [0.25, 0.3) is 0 Å². The Kier molecular flexibility index (Phi) is 6.60. The SMILES string of the molecule is Cc1ccc([C@H](N2CCNCC2)C(C)(C)CO)cc1F.Cl. The van der Waals surface area contributed by atoms with E-state index in [1.807, 2.05) is 26.0 Å². The molecular weight excluding hydrogens is 291 g/mol. The molecule has 0 saturated carbocycles. The van der Waals surface area contributed by atoms with Crippen LogP contribution in [0.5, 0.6) is 0 Å². The zero-order chi connectivity index (χ0) is 14.8. The molecule has 1 saturated heterocycles. The lowest BCUT2D eigenvalue weighted by atomic mass is 9.79. The number of piperazine rings is 1. The van der Waals surface area contributed by atoms with Gasteiger partial charge in [-0.3, -0.25) is 4.90 Å². The van der Waals surface area contributed by atoms with E-state index in [0.717, 1.165) is 31.7 Å². The second-order valence-electron chi connectivity index (χ2n) is 6.34. The van der Waals surface area contributed by atoms with E-state index >= 15 is 0 Å². The van der Waals surface area contributed by atoms with Crippen LogP contribution in [-0.2, 0) is 0 Å². The zero-order valence-corrected chi connectivity index (χ0v) is 13.8. The Balaban J connectivity index is 0.00000220. The van der Waals surface area contributed by atoms with E-state index in [1.165, 1.54) is 0 Å². The molecule has 0 radical (unpaired) electrons. The summed E-state index contributed by atoms with van der Waals surface area (Å²) in [6.07, 6.45) is 0. The van der Waals surface area contributed by atoms with E-state index in [0.29, 0.717) is 5.56 Å². The summed E-state index contributed by atoms with van der Waals surface area (Å²) in [5.41, 5.74) is 1.31. The van der Waals surface area contributed by atoms with Crippen molar-refractivity contribution in [3.63, 3.8) is 0 Å². The van der Waals surface area contributed by atoms with Gasteiger partial charge in [0.15, 0.2) is 0 Å². The second-order valence-corrected chi connectivity index (χ2v) is 6.34. The Morgan fingerprint density at radius 3 is 2.48 bits per heavy atom. The van der Waals surface area contributed by atoms with Gasteiger partial charge in [0.1, 0.15) is 5.82 Å². The third-order valence-electron chi connectivity index (χ3n) is 4.18. The molecule has 1 aromatic rings. The zero-order valence-electron chi connectivity index (χ0n) is 13.0. The average molecular weight is 317 g/mol. The molecule has 21 heavy (non-hydrogen) atoms. The largest absolute Gasteiger partial charge is 0.396 e. The molecule has 120 valence electrons. The molecule has 0 unspecified atom stereocenters. The van der Waals surface area contributed by atoms with Gasteiger partial charge < -0.3 is 10.4 Å². The average Bonchev–Trinajstić information content (AvgIpc) is 2.44. The van der Waals surface area contributed by atoms with Gasteiger partial charge in [-0.15, -0.1) is 12.4 Å². The molecule has 3 nitrogen and oxygen atoms in total. The summed E-state index contributed by atoms with van der Waals surface area (Å²) >= 11 is 0. The van der Waals surface area contributed by atoms with Gasteiger partial charge >= 0.3 is 0 Å². The molecule has 0 spiro atoms. The van der Waals surface area contributed by atoms with Gasteiger partial charge in [0, 0.05) is 44.2 Å². The number of aryl methyl sites for hydroxylation is 1. The first kappa shape index (κ1) is 18.4. The number of aliphatic hydroxyl groups excluding tert-OH is 1. The van der Waals surface area contributed by atoms with Crippen LogP contribution in [-0.4, -0.2) is 42.8 Å². The fourth-order valence-corrected chi connectivity index (χ4v) is 2.96. The van der Waals surface area contributed by atoms with Crippen LogP contribution in [0, 0.1) is 18.2 Å². The molecule has 0 bridgehead atoms. The van der Waals surface area contributed by atoms with Crippen molar-refractivity contribution in [3.8, 4) is 0 Å². The highest BCUT2D eigenvalue weighted by atomic mass is 35.5. The molecule has 1 atom stereocenters. The number of benzene rings is 1.